The molecule has 6 heteroatoms. The van der Waals surface area contributed by atoms with Gasteiger partial charge in [0.15, 0.2) is 0 Å². The molecule has 2 heterocycles. The number of hydrogen-bond acceptors (Lipinski definition) is 4. The summed E-state index contributed by atoms with van der Waals surface area (Å²) in [6.07, 6.45) is 21.2. The van der Waals surface area contributed by atoms with Crippen molar-refractivity contribution < 1.29 is 9.59 Å². The van der Waals surface area contributed by atoms with Gasteiger partial charge >= 0.3 is 0 Å². The second kappa shape index (κ2) is 21.9. The van der Waals surface area contributed by atoms with Crippen LogP contribution in [0.5, 0.6) is 0 Å². The Morgan fingerprint density at radius 1 is 0.403 bits per heavy atom. The molecule has 0 aliphatic heterocycles. The second-order valence-electron chi connectivity index (χ2n) is 15.4. The molecule has 8 rings (SSSR count). The van der Waals surface area contributed by atoms with E-state index in [0.717, 1.165) is 62.5 Å². The number of carbonyl (C=O) groups excluding carboxylic acids is 2. The van der Waals surface area contributed by atoms with Crippen LogP contribution in [0.2, 0.25) is 0 Å². The Balaban J connectivity index is 0.000000186. The number of aromatic nitrogens is 4. The van der Waals surface area contributed by atoms with Crippen molar-refractivity contribution in [3.8, 4) is 0 Å². The van der Waals surface area contributed by atoms with Gasteiger partial charge in [0, 0.05) is 25.2 Å². The number of imidazole rings is 2. The first kappa shape index (κ1) is 42.9. The fraction of sp³-hybridized carbons (Fsp3) is 0.179. The largest absolute Gasteiger partial charge is 0.319 e. The molecule has 310 valence electrons. The van der Waals surface area contributed by atoms with Crippen LogP contribution in [0, 0.1) is 0 Å². The highest BCUT2D eigenvalue weighted by Crippen LogP contribution is 2.42. The molecule has 0 radical (unpaired) electrons. The third-order valence-electron chi connectivity index (χ3n) is 11.4. The summed E-state index contributed by atoms with van der Waals surface area (Å²) in [4.78, 5) is 30.5. The molecule has 6 nitrogen and oxygen atoms in total. The SMILES string of the molecule is O=CCCC/C=C\c1cn(C(c2ccccc2)(c2ccccc2)c2ccccc2)cn1.O=CCCCCCc1cn(C(c2ccccc2)(c2ccccc2)c2ccccc2)cn1. The van der Waals surface area contributed by atoms with E-state index >= 15 is 0 Å². The lowest BCUT2D eigenvalue weighted by Crippen LogP contribution is -2.36. The summed E-state index contributed by atoms with van der Waals surface area (Å²) >= 11 is 0. The molecule has 8 aromatic rings. The molecule has 2 aromatic heterocycles. The van der Waals surface area contributed by atoms with Crippen molar-refractivity contribution in [1.82, 2.24) is 19.1 Å². The van der Waals surface area contributed by atoms with Crippen LogP contribution in [0.25, 0.3) is 6.08 Å². The number of unbranched alkanes of at least 4 members (excludes halogenated alkanes) is 5. The molecule has 0 atom stereocenters. The molecule has 6 aromatic carbocycles. The Kier molecular flexibility index (Phi) is 15.2. The topological polar surface area (TPSA) is 69.8 Å². The van der Waals surface area contributed by atoms with Crippen molar-refractivity contribution in [3.63, 3.8) is 0 Å². The molecule has 0 unspecified atom stereocenters. The zero-order valence-electron chi connectivity index (χ0n) is 35.2. The van der Waals surface area contributed by atoms with E-state index in [-0.39, 0.29) is 0 Å². The summed E-state index contributed by atoms with van der Waals surface area (Å²) in [6.45, 7) is 0. The van der Waals surface area contributed by atoms with Gasteiger partial charge < -0.3 is 18.7 Å². The van der Waals surface area contributed by atoms with E-state index in [0.29, 0.717) is 12.8 Å². The van der Waals surface area contributed by atoms with Crippen LogP contribution in [0.1, 0.15) is 89.7 Å². The fourth-order valence-electron chi connectivity index (χ4n) is 8.49. The Morgan fingerprint density at radius 2 is 0.774 bits per heavy atom. The lowest BCUT2D eigenvalue weighted by molar-refractivity contribution is -0.108. The smallest absolute Gasteiger partial charge is 0.121 e. The number of hydrogen-bond donors (Lipinski definition) is 0. The summed E-state index contributed by atoms with van der Waals surface area (Å²) in [7, 11) is 0. The lowest BCUT2D eigenvalue weighted by atomic mass is 9.77. The lowest BCUT2D eigenvalue weighted by Gasteiger charge is -2.37. The highest BCUT2D eigenvalue weighted by molar-refractivity contribution is 5.54. The highest BCUT2D eigenvalue weighted by Gasteiger charge is 2.39. The molecule has 0 aliphatic carbocycles. The Hall–Kier alpha value is -7.18. The van der Waals surface area contributed by atoms with Gasteiger partial charge in [0.2, 0.25) is 0 Å². The predicted molar refractivity (Wildman–Crippen MR) is 251 cm³/mol. The Morgan fingerprint density at radius 3 is 1.18 bits per heavy atom. The minimum absolute atomic E-state index is 0.507. The molecule has 0 amide bonds. The summed E-state index contributed by atoms with van der Waals surface area (Å²) in [5, 5.41) is 0. The molecule has 0 aliphatic rings. The van der Waals surface area contributed by atoms with Crippen LogP contribution in [0.4, 0.5) is 0 Å². The Labute approximate surface area is 366 Å². The van der Waals surface area contributed by atoms with Crippen LogP contribution < -0.4 is 0 Å². The predicted octanol–water partition coefficient (Wildman–Crippen LogP) is 12.1. The van der Waals surface area contributed by atoms with Gasteiger partial charge in [-0.05, 0) is 71.6 Å². The number of nitrogens with zero attached hydrogens (tertiary/aromatic N) is 4. The number of allylic oxidation sites excluding steroid dienone is 1. The second-order valence-corrected chi connectivity index (χ2v) is 15.4. The molecule has 0 bridgehead atoms. The van der Waals surface area contributed by atoms with Gasteiger partial charge in [0.1, 0.15) is 23.7 Å². The third-order valence-corrected chi connectivity index (χ3v) is 11.4. The minimum atomic E-state index is -0.541. The monoisotopic (exact) mass is 814 g/mol. The van der Waals surface area contributed by atoms with Crippen LogP contribution in [0.3, 0.4) is 0 Å². The van der Waals surface area contributed by atoms with Crippen LogP contribution in [-0.2, 0) is 27.1 Å². The number of aryl methyl sites for hydroxylation is 1. The van der Waals surface area contributed by atoms with Crippen molar-refractivity contribution >= 4 is 18.6 Å². The van der Waals surface area contributed by atoms with E-state index < -0.39 is 11.1 Å². The van der Waals surface area contributed by atoms with E-state index in [1.165, 1.54) is 33.4 Å². The first-order valence-electron chi connectivity index (χ1n) is 21.7. The van der Waals surface area contributed by atoms with Crippen LogP contribution >= 0.6 is 0 Å². The zero-order chi connectivity index (χ0) is 42.7. The van der Waals surface area contributed by atoms with Gasteiger partial charge in [-0.1, -0.05) is 194 Å². The molecular formula is C56H54N4O2. The minimum Gasteiger partial charge on any atom is -0.319 e. The average molecular weight is 815 g/mol. The highest BCUT2D eigenvalue weighted by atomic mass is 16.1. The number of benzene rings is 6. The maximum Gasteiger partial charge on any atom is 0.121 e. The van der Waals surface area contributed by atoms with Crippen molar-refractivity contribution in [3.05, 3.63) is 258 Å². The van der Waals surface area contributed by atoms with Crippen molar-refractivity contribution in [2.24, 2.45) is 0 Å². The van der Waals surface area contributed by atoms with Gasteiger partial charge in [-0.3, -0.25) is 0 Å². The first-order valence-corrected chi connectivity index (χ1v) is 21.7. The Bertz CT molecular complexity index is 2360. The number of aldehydes is 2. The van der Waals surface area contributed by atoms with Gasteiger partial charge in [-0.15, -0.1) is 0 Å². The van der Waals surface area contributed by atoms with Crippen LogP contribution in [0.15, 0.2) is 213 Å². The normalized spacial score (nSPS) is 11.5. The molecule has 0 fully saturated rings. The van der Waals surface area contributed by atoms with Crippen molar-refractivity contribution in [1.29, 1.82) is 0 Å². The molecular weight excluding hydrogens is 761 g/mol. The molecule has 0 N–H and O–H groups in total. The summed E-state index contributed by atoms with van der Waals surface area (Å²) < 4.78 is 4.46. The van der Waals surface area contributed by atoms with E-state index in [2.05, 4.69) is 196 Å². The zero-order valence-corrected chi connectivity index (χ0v) is 35.2. The summed E-state index contributed by atoms with van der Waals surface area (Å²) in [5.74, 6) is 0. The average Bonchev–Trinajstić information content (AvgIpc) is 4.03. The molecule has 62 heavy (non-hydrogen) atoms. The van der Waals surface area contributed by atoms with Gasteiger partial charge in [0.05, 0.1) is 24.0 Å². The van der Waals surface area contributed by atoms with E-state index in [4.69, 9.17) is 4.98 Å². The van der Waals surface area contributed by atoms with Crippen molar-refractivity contribution in [2.75, 3.05) is 0 Å². The maximum absolute atomic E-state index is 10.5. The van der Waals surface area contributed by atoms with Gasteiger partial charge in [0.25, 0.3) is 0 Å². The maximum atomic E-state index is 10.5. The molecule has 0 spiro atoms. The standard InChI is InChI=1S/C28H28N2O.C28H26N2O/c2*31-21-13-2-1-12-20-27-22-30(23-29-27)28(24-14-6-3-7-15-24,25-16-8-4-9-17-25)26-18-10-5-11-19-26/h3-11,14-19,21-23H,1-2,12-13,20H2;3-12,14-23H,1-2,13H2/b;20-12-. The van der Waals surface area contributed by atoms with E-state index in [1.807, 2.05) is 36.9 Å². The van der Waals surface area contributed by atoms with Gasteiger partial charge in [-0.2, -0.15) is 0 Å². The quantitative estimate of drug-likeness (QED) is 0.0463. The summed E-state index contributed by atoms with van der Waals surface area (Å²) in [5.41, 5.74) is 8.04. The number of rotatable bonds is 19. The third kappa shape index (κ3) is 9.72. The molecule has 0 saturated heterocycles. The van der Waals surface area contributed by atoms with E-state index in [9.17, 15) is 9.59 Å². The van der Waals surface area contributed by atoms with E-state index in [1.54, 1.807) is 0 Å². The van der Waals surface area contributed by atoms with Gasteiger partial charge in [-0.25, -0.2) is 9.97 Å². The van der Waals surface area contributed by atoms with Crippen molar-refractivity contribution in [2.45, 2.75) is 62.4 Å². The number of carbonyl (C=O) groups is 2. The first-order chi connectivity index (χ1) is 30.7. The molecule has 0 saturated carbocycles. The fourth-order valence-corrected chi connectivity index (χ4v) is 8.49. The summed E-state index contributed by atoms with van der Waals surface area (Å²) in [6, 6.07) is 63.6. The van der Waals surface area contributed by atoms with Crippen LogP contribution in [-0.4, -0.2) is 31.7 Å².